The van der Waals surface area contributed by atoms with E-state index in [-0.39, 0.29) is 11.9 Å². The summed E-state index contributed by atoms with van der Waals surface area (Å²) in [5.74, 6) is -0.0424. The van der Waals surface area contributed by atoms with Gasteiger partial charge in [0.05, 0.1) is 16.6 Å². The highest BCUT2D eigenvalue weighted by Crippen LogP contribution is 2.30. The molecule has 0 aromatic carbocycles. The van der Waals surface area contributed by atoms with Crippen molar-refractivity contribution in [3.8, 4) is 0 Å². The SMILES string of the molecule is CC1c2c[nH]cc2CCN1C(=O)c1cc2ccc(Cl)cn2n1. The van der Waals surface area contributed by atoms with Gasteiger partial charge in [0, 0.05) is 25.1 Å². The quantitative estimate of drug-likeness (QED) is 0.750. The molecule has 1 aliphatic heterocycles. The van der Waals surface area contributed by atoms with Crippen LogP contribution in [0.4, 0.5) is 0 Å². The molecule has 0 fully saturated rings. The Bertz CT molecular complexity index is 866. The van der Waals surface area contributed by atoms with E-state index in [0.717, 1.165) is 11.9 Å². The predicted molar refractivity (Wildman–Crippen MR) is 84.2 cm³/mol. The van der Waals surface area contributed by atoms with E-state index in [1.165, 1.54) is 11.1 Å². The van der Waals surface area contributed by atoms with E-state index in [2.05, 4.69) is 17.0 Å². The van der Waals surface area contributed by atoms with Gasteiger partial charge in [-0.1, -0.05) is 11.6 Å². The summed E-state index contributed by atoms with van der Waals surface area (Å²) in [6.45, 7) is 2.76. The Morgan fingerprint density at radius 2 is 2.27 bits per heavy atom. The fourth-order valence-electron chi connectivity index (χ4n) is 3.11. The zero-order valence-corrected chi connectivity index (χ0v) is 12.8. The molecular weight excluding hydrogens is 300 g/mol. The number of hydrogen-bond acceptors (Lipinski definition) is 2. The lowest BCUT2D eigenvalue weighted by molar-refractivity contribution is 0.0672. The molecule has 5 nitrogen and oxygen atoms in total. The Hall–Kier alpha value is -2.27. The maximum atomic E-state index is 12.8. The number of fused-ring (bicyclic) bond motifs is 2. The second-order valence-corrected chi connectivity index (χ2v) is 6.04. The van der Waals surface area contributed by atoms with Crippen molar-refractivity contribution in [3.63, 3.8) is 0 Å². The molecule has 0 saturated heterocycles. The van der Waals surface area contributed by atoms with Gasteiger partial charge in [0.2, 0.25) is 0 Å². The summed E-state index contributed by atoms with van der Waals surface area (Å²) >= 11 is 5.96. The first-order valence-corrected chi connectivity index (χ1v) is 7.63. The van der Waals surface area contributed by atoms with Crippen molar-refractivity contribution in [2.24, 2.45) is 0 Å². The Morgan fingerprint density at radius 3 is 3.14 bits per heavy atom. The molecule has 4 heterocycles. The number of carbonyl (C=O) groups is 1. The Morgan fingerprint density at radius 1 is 1.41 bits per heavy atom. The molecular formula is C16H15ClN4O. The highest BCUT2D eigenvalue weighted by molar-refractivity contribution is 6.30. The van der Waals surface area contributed by atoms with Gasteiger partial charge in [0.15, 0.2) is 5.69 Å². The van der Waals surface area contributed by atoms with Crippen LogP contribution in [0.25, 0.3) is 5.52 Å². The number of halogens is 1. The smallest absolute Gasteiger partial charge is 0.274 e. The number of nitrogens with zero attached hydrogens (tertiary/aromatic N) is 3. The van der Waals surface area contributed by atoms with Crippen LogP contribution in [0.1, 0.15) is 34.6 Å². The third-order valence-corrected chi connectivity index (χ3v) is 4.53. The van der Waals surface area contributed by atoms with Gasteiger partial charge in [-0.25, -0.2) is 4.52 Å². The number of aromatic amines is 1. The van der Waals surface area contributed by atoms with E-state index in [0.29, 0.717) is 17.3 Å². The highest BCUT2D eigenvalue weighted by atomic mass is 35.5. The summed E-state index contributed by atoms with van der Waals surface area (Å²) < 4.78 is 1.64. The third-order valence-electron chi connectivity index (χ3n) is 4.31. The number of carbonyl (C=O) groups excluding carboxylic acids is 1. The van der Waals surface area contributed by atoms with Crippen LogP contribution < -0.4 is 0 Å². The van der Waals surface area contributed by atoms with E-state index in [4.69, 9.17) is 11.6 Å². The maximum Gasteiger partial charge on any atom is 0.274 e. The first-order chi connectivity index (χ1) is 10.6. The van der Waals surface area contributed by atoms with Crippen LogP contribution in [0.3, 0.4) is 0 Å². The van der Waals surface area contributed by atoms with E-state index >= 15 is 0 Å². The third kappa shape index (κ3) is 2.01. The van der Waals surface area contributed by atoms with E-state index in [9.17, 15) is 4.79 Å². The molecule has 1 N–H and O–H groups in total. The second kappa shape index (κ2) is 4.88. The summed E-state index contributed by atoms with van der Waals surface area (Å²) in [6, 6.07) is 5.51. The van der Waals surface area contributed by atoms with Crippen LogP contribution in [0.15, 0.2) is 36.8 Å². The van der Waals surface area contributed by atoms with Crippen LogP contribution >= 0.6 is 11.6 Å². The van der Waals surface area contributed by atoms with Gasteiger partial charge in [0.1, 0.15) is 0 Å². The van der Waals surface area contributed by atoms with Crippen molar-refractivity contribution in [2.75, 3.05) is 6.54 Å². The Balaban J connectivity index is 1.68. The summed E-state index contributed by atoms with van der Waals surface area (Å²) in [5.41, 5.74) is 3.79. The summed E-state index contributed by atoms with van der Waals surface area (Å²) in [4.78, 5) is 17.8. The molecule has 0 saturated carbocycles. The lowest BCUT2D eigenvalue weighted by Gasteiger charge is -2.33. The minimum atomic E-state index is -0.0424. The largest absolute Gasteiger partial charge is 0.367 e. The number of amides is 1. The van der Waals surface area contributed by atoms with Gasteiger partial charge < -0.3 is 9.88 Å². The Labute approximate surface area is 132 Å². The first-order valence-electron chi connectivity index (χ1n) is 7.25. The van der Waals surface area contributed by atoms with Gasteiger partial charge in [-0.15, -0.1) is 0 Å². The normalized spacial score (nSPS) is 17.7. The molecule has 22 heavy (non-hydrogen) atoms. The Kier molecular flexibility index (Phi) is 2.97. The van der Waals surface area contributed by atoms with Gasteiger partial charge in [-0.05, 0) is 42.7 Å². The van der Waals surface area contributed by atoms with Gasteiger partial charge in [-0.2, -0.15) is 5.10 Å². The second-order valence-electron chi connectivity index (χ2n) is 5.61. The van der Waals surface area contributed by atoms with Crippen molar-refractivity contribution >= 4 is 23.0 Å². The molecule has 112 valence electrons. The molecule has 1 atom stereocenters. The molecule has 6 heteroatoms. The molecule has 3 aromatic rings. The molecule has 0 spiro atoms. The first kappa shape index (κ1) is 13.4. The number of H-pyrrole nitrogens is 1. The number of aromatic nitrogens is 3. The standard InChI is InChI=1S/C16H15ClN4O/c1-10-14-8-18-7-11(14)4-5-20(10)16(22)15-6-13-3-2-12(17)9-21(13)19-15/h2-3,6-10,18H,4-5H2,1H3. The molecule has 0 bridgehead atoms. The molecule has 1 unspecified atom stereocenters. The van der Waals surface area contributed by atoms with Crippen molar-refractivity contribution in [3.05, 3.63) is 58.6 Å². The zero-order chi connectivity index (χ0) is 15.3. The highest BCUT2D eigenvalue weighted by Gasteiger charge is 2.29. The van der Waals surface area contributed by atoms with Gasteiger partial charge in [0.25, 0.3) is 5.91 Å². The predicted octanol–water partition coefficient (Wildman–Crippen LogP) is 3.08. The molecule has 1 aliphatic rings. The van der Waals surface area contributed by atoms with Crippen LogP contribution in [0.5, 0.6) is 0 Å². The summed E-state index contributed by atoms with van der Waals surface area (Å²) in [5, 5.41) is 4.96. The summed E-state index contributed by atoms with van der Waals surface area (Å²) in [7, 11) is 0. The monoisotopic (exact) mass is 314 g/mol. The number of hydrogen-bond donors (Lipinski definition) is 1. The van der Waals surface area contributed by atoms with Crippen molar-refractivity contribution in [2.45, 2.75) is 19.4 Å². The average Bonchev–Trinajstić information content (AvgIpc) is 3.12. The van der Waals surface area contributed by atoms with E-state index < -0.39 is 0 Å². The van der Waals surface area contributed by atoms with Crippen molar-refractivity contribution in [1.29, 1.82) is 0 Å². The molecule has 0 radical (unpaired) electrons. The van der Waals surface area contributed by atoms with Crippen molar-refractivity contribution < 1.29 is 4.79 Å². The molecule has 0 aliphatic carbocycles. The minimum absolute atomic E-state index is 0.0424. The fraction of sp³-hybridized carbons (Fsp3) is 0.250. The lowest BCUT2D eigenvalue weighted by Crippen LogP contribution is -2.38. The average molecular weight is 315 g/mol. The van der Waals surface area contributed by atoms with Gasteiger partial charge in [-0.3, -0.25) is 4.79 Å². The lowest BCUT2D eigenvalue weighted by atomic mass is 9.98. The van der Waals surface area contributed by atoms with Crippen molar-refractivity contribution in [1.82, 2.24) is 19.5 Å². The van der Waals surface area contributed by atoms with E-state index in [1.54, 1.807) is 22.8 Å². The number of nitrogens with one attached hydrogen (secondary N) is 1. The maximum absolute atomic E-state index is 12.8. The molecule has 4 rings (SSSR count). The van der Waals surface area contributed by atoms with Crippen LogP contribution in [0, 0.1) is 0 Å². The molecule has 1 amide bonds. The van der Waals surface area contributed by atoms with E-state index in [1.807, 2.05) is 23.4 Å². The number of rotatable bonds is 1. The topological polar surface area (TPSA) is 53.4 Å². The van der Waals surface area contributed by atoms with Crippen LogP contribution in [-0.4, -0.2) is 31.9 Å². The fourth-order valence-corrected chi connectivity index (χ4v) is 3.26. The van der Waals surface area contributed by atoms with Crippen LogP contribution in [0.2, 0.25) is 5.02 Å². The summed E-state index contributed by atoms with van der Waals surface area (Å²) in [6.07, 6.45) is 6.56. The number of pyridine rings is 1. The zero-order valence-electron chi connectivity index (χ0n) is 12.1. The molecule has 3 aromatic heterocycles. The van der Waals surface area contributed by atoms with Crippen LogP contribution in [-0.2, 0) is 6.42 Å². The minimum Gasteiger partial charge on any atom is -0.367 e. The van der Waals surface area contributed by atoms with Gasteiger partial charge >= 0.3 is 0 Å².